The Bertz CT molecular complexity index is 466. The lowest BCUT2D eigenvalue weighted by molar-refractivity contribution is -0.00490. The quantitative estimate of drug-likeness (QED) is 0.499. The highest BCUT2D eigenvalue weighted by Crippen LogP contribution is 2.21. The Morgan fingerprint density at radius 1 is 1.14 bits per heavy atom. The fourth-order valence-electron chi connectivity index (χ4n) is 1.10. The van der Waals surface area contributed by atoms with Gasteiger partial charge in [0, 0.05) is 10.6 Å². The molecule has 0 radical (unpaired) electrons. The summed E-state index contributed by atoms with van der Waals surface area (Å²) in [5.41, 5.74) is 9.99. The van der Waals surface area contributed by atoms with E-state index in [1.165, 1.54) is 0 Å². The minimum atomic E-state index is 0.204. The van der Waals surface area contributed by atoms with Crippen molar-refractivity contribution >= 4 is 23.1 Å². The third kappa shape index (κ3) is 1.62. The Balaban J connectivity index is 2.39. The lowest BCUT2D eigenvalue weighted by Crippen LogP contribution is -1.83. The van der Waals surface area contributed by atoms with Crippen LogP contribution in [0.15, 0.2) is 40.6 Å². The molecule has 2 rings (SSSR count). The first-order valence-corrected chi connectivity index (χ1v) is 4.29. The Hall–Kier alpha value is -1.77. The third-order valence-corrected chi connectivity index (χ3v) is 2.02. The third-order valence-electron chi connectivity index (χ3n) is 1.77. The normalized spacial score (nSPS) is 14.1. The van der Waals surface area contributed by atoms with Crippen molar-refractivity contribution in [3.05, 3.63) is 46.5 Å². The van der Waals surface area contributed by atoms with Crippen molar-refractivity contribution < 1.29 is 4.79 Å². The molecule has 0 fully saturated rings. The molecule has 5 heteroatoms. The molecule has 1 aliphatic heterocycles. The number of hydrogen-bond acceptors (Lipinski definition) is 1. The molecule has 1 heterocycles. The SMILES string of the molecule is [N-]=[N+]=C1C=C(c2ccc(Cl)cc2)N=N1. The first-order chi connectivity index (χ1) is 6.79. The maximum Gasteiger partial charge on any atom is 0.428 e. The summed E-state index contributed by atoms with van der Waals surface area (Å²) in [5, 5.41) is 8.14. The van der Waals surface area contributed by atoms with Gasteiger partial charge in [-0.15, -0.1) is 0 Å². The highest BCUT2D eigenvalue weighted by molar-refractivity contribution is 6.30. The van der Waals surface area contributed by atoms with Crippen molar-refractivity contribution in [2.75, 3.05) is 0 Å². The van der Waals surface area contributed by atoms with E-state index in [-0.39, 0.29) is 5.84 Å². The summed E-state index contributed by atoms with van der Waals surface area (Å²) in [6, 6.07) is 7.18. The number of nitrogens with zero attached hydrogens (tertiary/aromatic N) is 4. The van der Waals surface area contributed by atoms with Gasteiger partial charge in [-0.25, -0.2) is 0 Å². The summed E-state index contributed by atoms with van der Waals surface area (Å²) >= 11 is 5.74. The number of hydrogen-bond donors (Lipinski definition) is 0. The van der Waals surface area contributed by atoms with Crippen molar-refractivity contribution in [2.24, 2.45) is 10.2 Å². The van der Waals surface area contributed by atoms with Gasteiger partial charge in [0.2, 0.25) is 0 Å². The van der Waals surface area contributed by atoms with E-state index in [2.05, 4.69) is 15.0 Å². The van der Waals surface area contributed by atoms with E-state index in [0.717, 1.165) is 5.56 Å². The van der Waals surface area contributed by atoms with E-state index >= 15 is 0 Å². The highest BCUT2D eigenvalue weighted by Gasteiger charge is 2.16. The van der Waals surface area contributed by atoms with Crippen molar-refractivity contribution in [2.45, 2.75) is 0 Å². The molecule has 0 spiro atoms. The predicted molar refractivity (Wildman–Crippen MR) is 52.9 cm³/mol. The number of benzene rings is 1. The Morgan fingerprint density at radius 3 is 2.43 bits per heavy atom. The van der Waals surface area contributed by atoms with Crippen LogP contribution in [0.3, 0.4) is 0 Å². The molecule has 1 aliphatic rings. The zero-order chi connectivity index (χ0) is 9.97. The van der Waals surface area contributed by atoms with Crippen LogP contribution in [-0.4, -0.2) is 10.6 Å². The fourth-order valence-corrected chi connectivity index (χ4v) is 1.22. The summed E-state index contributed by atoms with van der Waals surface area (Å²) in [7, 11) is 0. The van der Waals surface area contributed by atoms with Crippen molar-refractivity contribution in [1.29, 1.82) is 0 Å². The van der Waals surface area contributed by atoms with Gasteiger partial charge in [0.05, 0.1) is 11.2 Å². The summed E-state index contributed by atoms with van der Waals surface area (Å²) < 4.78 is 0. The molecular weight excluding hydrogens is 200 g/mol. The van der Waals surface area contributed by atoms with Crippen molar-refractivity contribution in [3.8, 4) is 0 Å². The summed E-state index contributed by atoms with van der Waals surface area (Å²) in [5.74, 6) is 0.204. The Kier molecular flexibility index (Phi) is 2.23. The number of azo groups is 1. The van der Waals surface area contributed by atoms with Crippen LogP contribution < -0.4 is 0 Å². The maximum absolute atomic E-state index is 8.44. The van der Waals surface area contributed by atoms with E-state index in [9.17, 15) is 0 Å². The molecule has 0 aromatic heterocycles. The minimum Gasteiger partial charge on any atom is -0.497 e. The molecule has 0 amide bonds. The predicted octanol–water partition coefficient (Wildman–Crippen LogP) is 2.78. The molecule has 0 bridgehead atoms. The van der Waals surface area contributed by atoms with Gasteiger partial charge in [-0.3, -0.25) is 0 Å². The van der Waals surface area contributed by atoms with Gasteiger partial charge in [-0.2, -0.15) is 0 Å². The minimum absolute atomic E-state index is 0.204. The van der Waals surface area contributed by atoms with Crippen LogP contribution >= 0.6 is 11.6 Å². The van der Waals surface area contributed by atoms with Crippen LogP contribution in [0.1, 0.15) is 5.56 Å². The summed E-state index contributed by atoms with van der Waals surface area (Å²) in [6.07, 6.45) is 1.59. The molecule has 68 valence electrons. The lowest BCUT2D eigenvalue weighted by atomic mass is 10.1. The zero-order valence-corrected chi connectivity index (χ0v) is 7.81. The second-order valence-electron chi connectivity index (χ2n) is 2.69. The molecule has 0 saturated carbocycles. The van der Waals surface area contributed by atoms with Crippen LogP contribution in [0.5, 0.6) is 0 Å². The molecule has 14 heavy (non-hydrogen) atoms. The molecule has 0 saturated heterocycles. The summed E-state index contributed by atoms with van der Waals surface area (Å²) in [6.45, 7) is 0. The van der Waals surface area contributed by atoms with Crippen LogP contribution in [0.2, 0.25) is 5.02 Å². The molecule has 0 aliphatic carbocycles. The van der Waals surface area contributed by atoms with Gasteiger partial charge in [-0.05, 0) is 17.2 Å². The lowest BCUT2D eigenvalue weighted by Gasteiger charge is -1.94. The number of halogens is 1. The van der Waals surface area contributed by atoms with E-state index in [4.69, 9.17) is 17.1 Å². The van der Waals surface area contributed by atoms with Crippen LogP contribution in [0, 0.1) is 0 Å². The molecule has 1 aromatic rings. The molecular formula is C9H5ClN4. The highest BCUT2D eigenvalue weighted by atomic mass is 35.5. The Morgan fingerprint density at radius 2 is 1.86 bits per heavy atom. The number of rotatable bonds is 1. The first kappa shape index (κ1) is 8.81. The van der Waals surface area contributed by atoms with Gasteiger partial charge >= 0.3 is 5.84 Å². The monoisotopic (exact) mass is 204 g/mol. The summed E-state index contributed by atoms with van der Waals surface area (Å²) in [4.78, 5) is 2.93. The average molecular weight is 205 g/mol. The fraction of sp³-hybridized carbons (Fsp3) is 0. The van der Waals surface area contributed by atoms with E-state index < -0.39 is 0 Å². The second-order valence-corrected chi connectivity index (χ2v) is 3.13. The van der Waals surface area contributed by atoms with E-state index in [0.29, 0.717) is 10.7 Å². The molecule has 0 unspecified atom stereocenters. The van der Waals surface area contributed by atoms with Gasteiger partial charge in [-0.1, -0.05) is 23.7 Å². The van der Waals surface area contributed by atoms with Crippen LogP contribution in [0.25, 0.3) is 11.2 Å². The molecule has 0 N–H and O–H groups in total. The first-order valence-electron chi connectivity index (χ1n) is 3.91. The van der Waals surface area contributed by atoms with Gasteiger partial charge in [0.1, 0.15) is 5.70 Å². The largest absolute Gasteiger partial charge is 0.497 e. The Labute approximate surface area is 85.2 Å². The molecule has 1 aromatic carbocycles. The smallest absolute Gasteiger partial charge is 0.428 e. The van der Waals surface area contributed by atoms with Crippen LogP contribution in [0.4, 0.5) is 0 Å². The zero-order valence-electron chi connectivity index (χ0n) is 7.05. The average Bonchev–Trinajstić information content (AvgIpc) is 2.67. The van der Waals surface area contributed by atoms with Crippen molar-refractivity contribution in [1.82, 2.24) is 0 Å². The van der Waals surface area contributed by atoms with E-state index in [1.807, 2.05) is 12.1 Å². The molecule has 0 atom stereocenters. The van der Waals surface area contributed by atoms with Crippen LogP contribution in [-0.2, 0) is 0 Å². The maximum atomic E-state index is 8.44. The molecule has 4 nitrogen and oxygen atoms in total. The van der Waals surface area contributed by atoms with E-state index in [1.54, 1.807) is 18.2 Å². The number of amidine groups is 1. The standard InChI is InChI=1S/C9H5ClN4/c10-7-3-1-6(2-4-7)8-5-9(12-11)14-13-8/h1-5H. The second kappa shape index (κ2) is 3.54. The topological polar surface area (TPSA) is 61.1 Å². The van der Waals surface area contributed by atoms with Gasteiger partial charge < -0.3 is 10.3 Å². The van der Waals surface area contributed by atoms with Gasteiger partial charge in [0.25, 0.3) is 0 Å². The van der Waals surface area contributed by atoms with Gasteiger partial charge in [0.15, 0.2) is 0 Å². The van der Waals surface area contributed by atoms with Crippen molar-refractivity contribution in [3.63, 3.8) is 0 Å².